The van der Waals surface area contributed by atoms with Crippen LogP contribution in [0.2, 0.25) is 0 Å². The van der Waals surface area contributed by atoms with Crippen LogP contribution in [0.25, 0.3) is 10.8 Å². The molecule has 1 aromatic heterocycles. The Morgan fingerprint density at radius 1 is 0.969 bits per heavy atom. The normalized spacial score (nSPS) is 23.7. The van der Waals surface area contributed by atoms with E-state index in [1.807, 2.05) is 24.3 Å². The van der Waals surface area contributed by atoms with Gasteiger partial charge in [-0.1, -0.05) is 42.5 Å². The third-order valence-corrected chi connectivity index (χ3v) is 6.49. The fourth-order valence-corrected chi connectivity index (χ4v) is 5.02. The number of anilines is 1. The number of hydrogen-bond donors (Lipinski definition) is 1. The monoisotopic (exact) mass is 439 g/mol. The topological polar surface area (TPSA) is 62.3 Å². The number of pyridine rings is 1. The average Bonchev–Trinajstić information content (AvgIpc) is 2.78. The molecular formula is C24H20F3N3O2. The number of carbonyl (C=O) groups is 2. The number of nitrogens with zero attached hydrogens (tertiary/aromatic N) is 2. The van der Waals surface area contributed by atoms with E-state index in [4.69, 9.17) is 0 Å². The van der Waals surface area contributed by atoms with Gasteiger partial charge >= 0.3 is 12.2 Å². The molecule has 1 saturated carbocycles. The molecule has 0 radical (unpaired) electrons. The van der Waals surface area contributed by atoms with Crippen LogP contribution < -0.4 is 10.2 Å². The Balaban J connectivity index is 1.43. The number of nitrogens with one attached hydrogen (secondary N) is 1. The zero-order valence-electron chi connectivity index (χ0n) is 17.0. The molecule has 3 unspecified atom stereocenters. The smallest absolute Gasteiger partial charge is 0.334 e. The Labute approximate surface area is 182 Å². The van der Waals surface area contributed by atoms with Gasteiger partial charge in [-0.05, 0) is 36.8 Å². The van der Waals surface area contributed by atoms with Gasteiger partial charge in [0.25, 0.3) is 0 Å². The number of aromatic nitrogens is 1. The maximum Gasteiger partial charge on any atom is 0.416 e. The summed E-state index contributed by atoms with van der Waals surface area (Å²) in [5.41, 5.74) is -0.0187. The molecule has 3 atom stereocenters. The van der Waals surface area contributed by atoms with Gasteiger partial charge in [-0.3, -0.25) is 9.78 Å². The van der Waals surface area contributed by atoms with Crippen molar-refractivity contribution in [1.82, 2.24) is 10.3 Å². The van der Waals surface area contributed by atoms with E-state index in [0.29, 0.717) is 18.5 Å². The van der Waals surface area contributed by atoms with E-state index < -0.39 is 29.7 Å². The number of fused-ring (bicyclic) bond motifs is 2. The number of halogens is 3. The summed E-state index contributed by atoms with van der Waals surface area (Å²) >= 11 is 0. The summed E-state index contributed by atoms with van der Waals surface area (Å²) < 4.78 is 40.5. The second-order valence-corrected chi connectivity index (χ2v) is 8.31. The molecule has 2 aromatic carbocycles. The lowest BCUT2D eigenvalue weighted by molar-refractivity contribution is -0.138. The van der Waals surface area contributed by atoms with Gasteiger partial charge in [0.1, 0.15) is 0 Å². The number of carbonyl (C=O) groups excluding carboxylic acids is 2. The van der Waals surface area contributed by atoms with Gasteiger partial charge in [0.05, 0.1) is 23.4 Å². The van der Waals surface area contributed by atoms with E-state index in [1.54, 1.807) is 12.3 Å². The van der Waals surface area contributed by atoms with Gasteiger partial charge in [-0.15, -0.1) is 0 Å². The maximum absolute atomic E-state index is 13.5. The van der Waals surface area contributed by atoms with Gasteiger partial charge in [0.15, 0.2) is 0 Å². The zero-order chi connectivity index (χ0) is 22.5. The van der Waals surface area contributed by atoms with Gasteiger partial charge in [-0.25, -0.2) is 9.69 Å². The number of urea groups is 1. The number of rotatable bonds is 2. The third-order valence-electron chi connectivity index (χ3n) is 6.49. The van der Waals surface area contributed by atoms with Crippen molar-refractivity contribution in [3.8, 4) is 0 Å². The summed E-state index contributed by atoms with van der Waals surface area (Å²) in [6.45, 7) is 0. The lowest BCUT2D eigenvalue weighted by atomic mass is 9.73. The summed E-state index contributed by atoms with van der Waals surface area (Å²) in [6, 6.07) is 11.8. The molecule has 5 nitrogen and oxygen atoms in total. The van der Waals surface area contributed by atoms with Crippen LogP contribution in [0.15, 0.2) is 60.9 Å². The van der Waals surface area contributed by atoms with Crippen molar-refractivity contribution in [2.45, 2.75) is 37.4 Å². The molecule has 1 aliphatic heterocycles. The summed E-state index contributed by atoms with van der Waals surface area (Å²) in [5.74, 6) is -1.20. The van der Waals surface area contributed by atoms with Crippen molar-refractivity contribution in [3.05, 3.63) is 72.1 Å². The number of alkyl halides is 3. The molecule has 2 aliphatic rings. The zero-order valence-corrected chi connectivity index (χ0v) is 17.0. The predicted molar refractivity (Wildman–Crippen MR) is 113 cm³/mol. The average molecular weight is 439 g/mol. The van der Waals surface area contributed by atoms with Crippen molar-refractivity contribution in [2.24, 2.45) is 5.92 Å². The quantitative estimate of drug-likeness (QED) is 0.592. The second kappa shape index (κ2) is 7.62. The van der Waals surface area contributed by atoms with Crippen molar-refractivity contribution < 1.29 is 22.8 Å². The van der Waals surface area contributed by atoms with Gasteiger partial charge in [-0.2, -0.15) is 13.2 Å². The Morgan fingerprint density at radius 2 is 1.72 bits per heavy atom. The SMILES string of the molecule is O=C1NC2CC(c3ccccc3C(F)(F)F)CCC2C(=O)N1c1cncc2ccccc12. The Kier molecular flexibility index (Phi) is 4.87. The molecule has 1 N–H and O–H groups in total. The van der Waals surface area contributed by atoms with E-state index >= 15 is 0 Å². The lowest BCUT2D eigenvalue weighted by Gasteiger charge is -2.42. The molecule has 32 heavy (non-hydrogen) atoms. The van der Waals surface area contributed by atoms with Gasteiger partial charge in [0.2, 0.25) is 5.91 Å². The maximum atomic E-state index is 13.5. The van der Waals surface area contributed by atoms with Crippen LogP contribution in [0.5, 0.6) is 0 Å². The number of benzene rings is 2. The van der Waals surface area contributed by atoms with Crippen molar-refractivity contribution >= 4 is 28.4 Å². The second-order valence-electron chi connectivity index (χ2n) is 8.31. The van der Waals surface area contributed by atoms with E-state index in [1.165, 1.54) is 18.3 Å². The molecule has 2 fully saturated rings. The highest BCUT2D eigenvalue weighted by atomic mass is 19.4. The number of imide groups is 1. The molecule has 1 aliphatic carbocycles. The van der Waals surface area contributed by atoms with Gasteiger partial charge < -0.3 is 5.32 Å². The van der Waals surface area contributed by atoms with Gasteiger partial charge in [0, 0.05) is 23.0 Å². The molecule has 0 spiro atoms. The first kappa shape index (κ1) is 20.5. The predicted octanol–water partition coefficient (Wildman–Crippen LogP) is 5.26. The van der Waals surface area contributed by atoms with Crippen molar-refractivity contribution in [1.29, 1.82) is 0 Å². The molecule has 1 saturated heterocycles. The first-order chi connectivity index (χ1) is 15.3. The highest BCUT2D eigenvalue weighted by Crippen LogP contribution is 2.43. The lowest BCUT2D eigenvalue weighted by Crippen LogP contribution is -2.61. The van der Waals surface area contributed by atoms with Crippen molar-refractivity contribution in [2.75, 3.05) is 4.90 Å². The highest BCUT2D eigenvalue weighted by Gasteiger charge is 2.46. The molecular weight excluding hydrogens is 419 g/mol. The Morgan fingerprint density at radius 3 is 2.53 bits per heavy atom. The minimum Gasteiger partial charge on any atom is -0.334 e. The minimum atomic E-state index is -4.45. The molecule has 5 rings (SSSR count). The Bertz CT molecular complexity index is 1210. The molecule has 164 valence electrons. The number of amides is 3. The molecule has 3 aromatic rings. The summed E-state index contributed by atoms with van der Waals surface area (Å²) in [7, 11) is 0. The largest absolute Gasteiger partial charge is 0.416 e. The van der Waals surface area contributed by atoms with Crippen LogP contribution in [-0.4, -0.2) is 23.0 Å². The van der Waals surface area contributed by atoms with E-state index in [0.717, 1.165) is 21.7 Å². The molecule has 2 heterocycles. The van der Waals surface area contributed by atoms with Crippen LogP contribution in [0.1, 0.15) is 36.3 Å². The summed E-state index contributed by atoms with van der Waals surface area (Å²) in [5, 5.41) is 4.42. The number of hydrogen-bond acceptors (Lipinski definition) is 3. The summed E-state index contributed by atoms with van der Waals surface area (Å²) in [4.78, 5) is 31.6. The fourth-order valence-electron chi connectivity index (χ4n) is 5.02. The van der Waals surface area contributed by atoms with E-state index in [-0.39, 0.29) is 23.8 Å². The first-order valence-corrected chi connectivity index (χ1v) is 10.5. The third kappa shape index (κ3) is 3.39. The molecule has 8 heteroatoms. The standard InChI is InChI=1S/C24H20F3N3O2/c25-24(26,27)19-8-4-3-6-16(19)14-9-10-18-20(11-14)29-23(32)30(22(18)31)21-13-28-12-15-5-1-2-7-17(15)21/h1-8,12-14,18,20H,9-11H2,(H,29,32). The van der Waals surface area contributed by atoms with E-state index in [2.05, 4.69) is 10.3 Å². The van der Waals surface area contributed by atoms with Crippen LogP contribution in [0, 0.1) is 5.92 Å². The first-order valence-electron chi connectivity index (χ1n) is 10.5. The fraction of sp³-hybridized carbons (Fsp3) is 0.292. The van der Waals surface area contributed by atoms with Crippen LogP contribution >= 0.6 is 0 Å². The molecule has 3 amide bonds. The van der Waals surface area contributed by atoms with Crippen LogP contribution in [0.4, 0.5) is 23.7 Å². The molecule has 0 bridgehead atoms. The minimum absolute atomic E-state index is 0.223. The summed E-state index contributed by atoms with van der Waals surface area (Å²) in [6.07, 6.45) is -0.163. The van der Waals surface area contributed by atoms with E-state index in [9.17, 15) is 22.8 Å². The van der Waals surface area contributed by atoms with Crippen molar-refractivity contribution in [3.63, 3.8) is 0 Å². The highest BCUT2D eigenvalue weighted by molar-refractivity contribution is 6.20. The van der Waals surface area contributed by atoms with Crippen LogP contribution in [0.3, 0.4) is 0 Å². The van der Waals surface area contributed by atoms with Crippen LogP contribution in [-0.2, 0) is 11.0 Å². The Hall–Kier alpha value is -3.42.